The molecule has 0 radical (unpaired) electrons. The van der Waals surface area contributed by atoms with Crippen molar-refractivity contribution in [3.63, 3.8) is 0 Å². The molecule has 4 aromatic carbocycles. The Morgan fingerprint density at radius 2 is 1.38 bits per heavy atom. The van der Waals surface area contributed by atoms with Crippen LogP contribution in [0, 0.1) is 54.4 Å². The number of ketones is 1. The SMILES string of the molecule is CCc1c(C)c(C(=O)O)c(C)c(-c2ccccc2)c1O.COC1=CC(=O)C=C(C)C1C(=O)Oc1c(C)c(C)c(OOc2cc(C)c(O)c(C)c2C)c(O)c1Br.[W]. The van der Waals surface area contributed by atoms with Crippen LogP contribution in [-0.4, -0.2) is 45.3 Å². The number of hydrogen-bond acceptors (Lipinski definition) is 10. The first-order chi connectivity index (χ1) is 25.9. The molecule has 56 heavy (non-hydrogen) atoms. The molecule has 0 amide bonds. The molecule has 0 heterocycles. The summed E-state index contributed by atoms with van der Waals surface area (Å²) in [6, 6.07) is 11.0. The molecule has 4 aromatic rings. The summed E-state index contributed by atoms with van der Waals surface area (Å²) in [4.78, 5) is 47.4. The molecular weight excluding hydrogens is 956 g/mol. The van der Waals surface area contributed by atoms with Gasteiger partial charge in [0, 0.05) is 49.4 Å². The predicted octanol–water partition coefficient (Wildman–Crippen LogP) is 9.29. The van der Waals surface area contributed by atoms with Crippen molar-refractivity contribution in [2.45, 2.75) is 68.7 Å². The van der Waals surface area contributed by atoms with Crippen LogP contribution in [0.15, 0.2) is 64.4 Å². The van der Waals surface area contributed by atoms with Gasteiger partial charge in [0.25, 0.3) is 0 Å². The molecule has 0 aromatic heterocycles. The summed E-state index contributed by atoms with van der Waals surface area (Å²) in [5.74, 6) is -2.04. The van der Waals surface area contributed by atoms with Crippen LogP contribution in [0.5, 0.6) is 34.5 Å². The van der Waals surface area contributed by atoms with Crippen molar-refractivity contribution in [3.8, 4) is 45.6 Å². The first-order valence-electron chi connectivity index (χ1n) is 17.4. The van der Waals surface area contributed by atoms with Crippen LogP contribution in [0.25, 0.3) is 11.1 Å². The number of aromatic hydroxyl groups is 3. The molecule has 0 fully saturated rings. The number of allylic oxidation sites excluding steroid dienone is 2. The van der Waals surface area contributed by atoms with E-state index in [1.54, 1.807) is 61.5 Å². The van der Waals surface area contributed by atoms with Gasteiger partial charge in [-0.3, -0.25) is 19.4 Å². The van der Waals surface area contributed by atoms with Gasteiger partial charge in [0.1, 0.15) is 27.6 Å². The van der Waals surface area contributed by atoms with E-state index in [9.17, 15) is 34.8 Å². The fourth-order valence-corrected chi connectivity index (χ4v) is 7.09. The number of benzene rings is 4. The van der Waals surface area contributed by atoms with Crippen LogP contribution in [0.4, 0.5) is 0 Å². The molecule has 11 nitrogen and oxygen atoms in total. The van der Waals surface area contributed by atoms with E-state index in [1.807, 2.05) is 37.3 Å². The molecule has 4 N–H and O–H groups in total. The minimum absolute atomic E-state index is 0. The normalized spacial score (nSPS) is 13.3. The Morgan fingerprint density at radius 3 is 1.95 bits per heavy atom. The molecule has 0 bridgehead atoms. The molecule has 1 aliphatic rings. The van der Waals surface area contributed by atoms with Crippen LogP contribution in [0.1, 0.15) is 68.7 Å². The third kappa shape index (κ3) is 8.98. The number of ether oxygens (including phenoxy) is 2. The van der Waals surface area contributed by atoms with Crippen molar-refractivity contribution in [2.24, 2.45) is 5.92 Å². The Morgan fingerprint density at radius 1 is 0.768 bits per heavy atom. The largest absolute Gasteiger partial charge is 0.507 e. The van der Waals surface area contributed by atoms with Crippen LogP contribution in [0.3, 0.4) is 0 Å². The van der Waals surface area contributed by atoms with E-state index in [-0.39, 0.29) is 65.8 Å². The molecule has 13 heteroatoms. The fraction of sp³-hybridized carbons (Fsp3) is 0.279. The summed E-state index contributed by atoms with van der Waals surface area (Å²) in [5.41, 5.74) is 7.13. The Hall–Kier alpha value is -5.06. The third-order valence-electron chi connectivity index (χ3n) is 9.89. The molecule has 0 saturated heterocycles. The molecule has 0 saturated carbocycles. The van der Waals surface area contributed by atoms with Gasteiger partial charge in [-0.25, -0.2) is 4.79 Å². The third-order valence-corrected chi connectivity index (χ3v) is 10.6. The Kier molecular flexibility index (Phi) is 15.1. The minimum atomic E-state index is -0.952. The van der Waals surface area contributed by atoms with E-state index >= 15 is 0 Å². The number of carboxylic acid groups (broad SMARTS) is 1. The van der Waals surface area contributed by atoms with Gasteiger partial charge in [-0.2, -0.15) is 0 Å². The van der Waals surface area contributed by atoms with Crippen molar-refractivity contribution in [3.05, 3.63) is 114 Å². The number of rotatable bonds is 9. The van der Waals surface area contributed by atoms with Crippen molar-refractivity contribution < 1.29 is 75.1 Å². The Balaban J connectivity index is 0.000000340. The molecule has 296 valence electrons. The van der Waals surface area contributed by atoms with Crippen LogP contribution in [-0.2, 0) is 41.8 Å². The summed E-state index contributed by atoms with van der Waals surface area (Å²) in [6.45, 7) is 15.7. The van der Waals surface area contributed by atoms with Gasteiger partial charge in [0.05, 0.1) is 12.7 Å². The zero-order chi connectivity index (χ0) is 41.0. The first kappa shape index (κ1) is 45.3. The zero-order valence-electron chi connectivity index (χ0n) is 32.8. The minimum Gasteiger partial charge on any atom is -0.507 e. The average molecular weight is 1000 g/mol. The second-order valence-electron chi connectivity index (χ2n) is 13.3. The van der Waals surface area contributed by atoms with Crippen molar-refractivity contribution in [1.82, 2.24) is 0 Å². The van der Waals surface area contributed by atoms with E-state index in [2.05, 4.69) is 15.9 Å². The van der Waals surface area contributed by atoms with Crippen LogP contribution in [0.2, 0.25) is 0 Å². The van der Waals surface area contributed by atoms with Crippen LogP contribution < -0.4 is 14.5 Å². The number of phenols is 3. The molecular formula is C43H45BrO11W. The summed E-state index contributed by atoms with van der Waals surface area (Å²) in [7, 11) is 1.38. The quantitative estimate of drug-likeness (QED) is 0.0546. The standard InChI is InChI=1S/C26H27BrO8.C17H18O3.W/c1-11-8-17(28)10-19(32-7)20(11)26(31)33-24-15(5)16(6)25(23(30)21(24)27)35-34-18-9-12(2)22(29)14(4)13(18)3;1-4-13-10(2)14(17(19)20)11(3)15(16(13)18)12-8-6-5-7-9-12;/h8-10,20,29-30H,1-7H3;5-9,18H,4H2,1-3H3,(H,19,20);. The number of aryl methyl sites for hydroxylation is 1. The second kappa shape index (κ2) is 18.7. The summed E-state index contributed by atoms with van der Waals surface area (Å²) >= 11 is 3.29. The summed E-state index contributed by atoms with van der Waals surface area (Å²) < 4.78 is 11.0. The van der Waals surface area contributed by atoms with Gasteiger partial charge in [-0.05, 0) is 129 Å². The van der Waals surface area contributed by atoms with Crippen molar-refractivity contribution in [1.29, 1.82) is 0 Å². The number of phenolic OH excluding ortho intramolecular Hbond substituents is 3. The zero-order valence-corrected chi connectivity index (χ0v) is 37.4. The van der Waals surface area contributed by atoms with Gasteiger partial charge in [0.2, 0.25) is 5.75 Å². The average Bonchev–Trinajstić information content (AvgIpc) is 3.13. The van der Waals surface area contributed by atoms with Gasteiger partial charge >= 0.3 is 11.9 Å². The van der Waals surface area contributed by atoms with Gasteiger partial charge in [-0.15, -0.1) is 0 Å². The van der Waals surface area contributed by atoms with E-state index in [0.29, 0.717) is 73.4 Å². The number of aromatic carboxylic acids is 1. The molecule has 1 unspecified atom stereocenters. The fourth-order valence-electron chi connectivity index (χ4n) is 6.53. The Bertz CT molecular complexity index is 2230. The molecule has 1 atom stereocenters. The maximum Gasteiger partial charge on any atom is 0.336 e. The molecule has 1 aliphatic carbocycles. The predicted molar refractivity (Wildman–Crippen MR) is 211 cm³/mol. The molecule has 5 rings (SSSR count). The topological polar surface area (TPSA) is 169 Å². The van der Waals surface area contributed by atoms with Crippen molar-refractivity contribution in [2.75, 3.05) is 7.11 Å². The van der Waals surface area contributed by atoms with E-state index in [1.165, 1.54) is 19.3 Å². The van der Waals surface area contributed by atoms with Gasteiger partial charge in [0.15, 0.2) is 23.0 Å². The summed E-state index contributed by atoms with van der Waals surface area (Å²) in [6.07, 6.45) is 3.19. The van der Waals surface area contributed by atoms with E-state index in [0.717, 1.165) is 5.56 Å². The number of halogens is 1. The number of esters is 1. The van der Waals surface area contributed by atoms with Gasteiger partial charge in [-0.1, -0.05) is 37.3 Å². The summed E-state index contributed by atoms with van der Waals surface area (Å²) in [5, 5.41) is 40.9. The number of carboxylic acids is 1. The monoisotopic (exact) mass is 1000 g/mol. The number of methoxy groups -OCH3 is 1. The van der Waals surface area contributed by atoms with E-state index < -0.39 is 17.9 Å². The smallest absolute Gasteiger partial charge is 0.336 e. The second-order valence-corrected chi connectivity index (χ2v) is 14.1. The first-order valence-corrected chi connectivity index (χ1v) is 18.2. The van der Waals surface area contributed by atoms with Crippen LogP contribution >= 0.6 is 15.9 Å². The maximum atomic E-state index is 13.0. The van der Waals surface area contributed by atoms with E-state index in [4.69, 9.17) is 19.2 Å². The Labute approximate surface area is 348 Å². The maximum absolute atomic E-state index is 13.0. The van der Waals surface area contributed by atoms with Gasteiger partial charge < -0.3 is 29.9 Å². The van der Waals surface area contributed by atoms with Crippen molar-refractivity contribution >= 4 is 33.7 Å². The molecule has 0 spiro atoms. The number of hydrogen-bond donors (Lipinski definition) is 4. The number of carbonyl (C=O) groups is 3. The number of carbonyl (C=O) groups excluding carboxylic acids is 2. The molecule has 0 aliphatic heterocycles.